The number of hydrogen-bond donors (Lipinski definition) is 1. The number of carbonyl (C=O) groups excluding carboxylic acids is 1. The number of amides is 2. The maximum absolute atomic E-state index is 12.9. The third-order valence-corrected chi connectivity index (χ3v) is 7.85. The van der Waals surface area contributed by atoms with Crippen molar-refractivity contribution in [3.8, 4) is 0 Å². The van der Waals surface area contributed by atoms with E-state index in [1.807, 2.05) is 13.0 Å². The number of nitrogens with one attached hydrogen (secondary N) is 1. The van der Waals surface area contributed by atoms with Gasteiger partial charge in [-0.05, 0) is 37.0 Å². The minimum atomic E-state index is -3.53. The lowest BCUT2D eigenvalue weighted by atomic mass is 9.75. The Balaban J connectivity index is 1.41. The molecule has 2 heterocycles. The van der Waals surface area contributed by atoms with Crippen molar-refractivity contribution in [1.82, 2.24) is 14.5 Å². The molecule has 1 fully saturated rings. The number of urea groups is 1. The highest BCUT2D eigenvalue weighted by Gasteiger charge is 2.37. The normalized spacial score (nSPS) is 21.8. The number of piperazine rings is 1. The topological polar surface area (TPSA) is 82.9 Å². The second-order valence-electron chi connectivity index (χ2n) is 8.99. The van der Waals surface area contributed by atoms with E-state index in [9.17, 15) is 13.2 Å². The Kier molecular flexibility index (Phi) is 5.40. The van der Waals surface area contributed by atoms with Crippen LogP contribution in [0.15, 0.2) is 45.7 Å². The van der Waals surface area contributed by atoms with Gasteiger partial charge >= 0.3 is 6.03 Å². The Labute approximate surface area is 178 Å². The number of aryl methyl sites for hydroxylation is 1. The summed E-state index contributed by atoms with van der Waals surface area (Å²) in [5, 5.41) is 3.16. The maximum atomic E-state index is 12.9. The van der Waals surface area contributed by atoms with Gasteiger partial charge in [-0.25, -0.2) is 13.2 Å². The lowest BCUT2D eigenvalue weighted by molar-refractivity contribution is 0.161. The fourth-order valence-electron chi connectivity index (χ4n) is 4.43. The highest BCUT2D eigenvalue weighted by atomic mass is 32.2. The molecule has 0 spiro atoms. The monoisotopic (exact) mass is 431 g/mol. The molecule has 7 nitrogen and oxygen atoms in total. The third kappa shape index (κ3) is 4.11. The van der Waals surface area contributed by atoms with Gasteiger partial charge in [0.25, 0.3) is 0 Å². The predicted octanol–water partition coefficient (Wildman–Crippen LogP) is 3.32. The zero-order chi connectivity index (χ0) is 21.5. The van der Waals surface area contributed by atoms with Gasteiger partial charge in [-0.3, -0.25) is 0 Å². The van der Waals surface area contributed by atoms with Gasteiger partial charge in [0.15, 0.2) is 0 Å². The molecule has 30 heavy (non-hydrogen) atoms. The van der Waals surface area contributed by atoms with Crippen LogP contribution in [0.1, 0.15) is 43.4 Å². The molecule has 1 atom stereocenters. The highest BCUT2D eigenvalue weighted by molar-refractivity contribution is 7.89. The van der Waals surface area contributed by atoms with E-state index in [2.05, 4.69) is 19.2 Å². The van der Waals surface area contributed by atoms with E-state index in [0.29, 0.717) is 13.1 Å². The van der Waals surface area contributed by atoms with Crippen LogP contribution in [0.4, 0.5) is 4.79 Å². The summed E-state index contributed by atoms with van der Waals surface area (Å²) in [5.74, 6) is 1.81. The van der Waals surface area contributed by atoms with Crippen LogP contribution >= 0.6 is 0 Å². The van der Waals surface area contributed by atoms with Crippen molar-refractivity contribution in [2.24, 2.45) is 5.41 Å². The average molecular weight is 432 g/mol. The summed E-state index contributed by atoms with van der Waals surface area (Å²) in [5.41, 5.74) is 1.10. The first-order valence-electron chi connectivity index (χ1n) is 10.4. The Morgan fingerprint density at radius 2 is 1.80 bits per heavy atom. The van der Waals surface area contributed by atoms with Crippen LogP contribution in [0.25, 0.3) is 0 Å². The Morgan fingerprint density at radius 1 is 1.13 bits per heavy atom. The lowest BCUT2D eigenvalue weighted by Gasteiger charge is -2.38. The second-order valence-corrected chi connectivity index (χ2v) is 10.9. The number of fused-ring (bicyclic) bond motifs is 1. The summed E-state index contributed by atoms with van der Waals surface area (Å²) >= 11 is 0. The number of furan rings is 1. The molecule has 1 saturated heterocycles. The molecular weight excluding hydrogens is 402 g/mol. The first kappa shape index (κ1) is 20.9. The fraction of sp³-hybridized carbons (Fsp3) is 0.500. The van der Waals surface area contributed by atoms with Gasteiger partial charge in [-0.15, -0.1) is 0 Å². The number of benzene rings is 1. The van der Waals surface area contributed by atoms with Crippen molar-refractivity contribution in [2.75, 3.05) is 26.2 Å². The molecule has 0 bridgehead atoms. The van der Waals surface area contributed by atoms with Crippen molar-refractivity contribution in [3.05, 3.63) is 53.5 Å². The lowest BCUT2D eigenvalue weighted by Crippen LogP contribution is -2.53. The van der Waals surface area contributed by atoms with Crippen LogP contribution in [-0.2, 0) is 16.4 Å². The quantitative estimate of drug-likeness (QED) is 0.808. The number of rotatable bonds is 3. The molecule has 1 unspecified atom stereocenters. The summed E-state index contributed by atoms with van der Waals surface area (Å²) in [6.45, 7) is 7.60. The van der Waals surface area contributed by atoms with Crippen molar-refractivity contribution >= 4 is 16.1 Å². The smallest absolute Gasteiger partial charge is 0.317 e. The number of nitrogens with zero attached hydrogens (tertiary/aromatic N) is 2. The van der Waals surface area contributed by atoms with E-state index < -0.39 is 10.0 Å². The largest absolute Gasteiger partial charge is 0.466 e. The summed E-state index contributed by atoms with van der Waals surface area (Å²) in [7, 11) is -3.53. The first-order valence-corrected chi connectivity index (χ1v) is 11.8. The molecule has 1 N–H and O–H groups in total. The van der Waals surface area contributed by atoms with Crippen molar-refractivity contribution in [2.45, 2.75) is 44.6 Å². The standard InChI is InChI=1S/C22H29N3O4S/c1-16-13-18-19(14-22(2,3)15-20(18)29-16)23-21(26)24-9-11-25(12-10-24)30(27,28)17-7-5-4-6-8-17/h4-8,13,19H,9-12,14-15H2,1-3H3,(H,23,26). The van der Waals surface area contributed by atoms with Gasteiger partial charge in [0.05, 0.1) is 10.9 Å². The molecule has 2 aliphatic rings. The zero-order valence-corrected chi connectivity index (χ0v) is 18.5. The van der Waals surface area contributed by atoms with E-state index in [4.69, 9.17) is 4.42 Å². The molecule has 1 aliphatic carbocycles. The van der Waals surface area contributed by atoms with Gasteiger partial charge in [-0.2, -0.15) is 4.31 Å². The molecular formula is C22H29N3O4S. The second kappa shape index (κ2) is 7.74. The van der Waals surface area contributed by atoms with E-state index >= 15 is 0 Å². The van der Waals surface area contributed by atoms with Crippen molar-refractivity contribution < 1.29 is 17.6 Å². The van der Waals surface area contributed by atoms with Gasteiger partial charge in [0, 0.05) is 38.2 Å². The predicted molar refractivity (Wildman–Crippen MR) is 114 cm³/mol. The molecule has 1 aliphatic heterocycles. The molecule has 1 aromatic carbocycles. The SMILES string of the molecule is Cc1cc2c(o1)CC(C)(C)CC2NC(=O)N1CCN(S(=O)(=O)c2ccccc2)CC1. The minimum absolute atomic E-state index is 0.0394. The van der Waals surface area contributed by atoms with E-state index in [1.165, 1.54) is 4.31 Å². The van der Waals surface area contributed by atoms with Gasteiger partial charge in [-0.1, -0.05) is 32.0 Å². The van der Waals surface area contributed by atoms with Crippen molar-refractivity contribution in [3.63, 3.8) is 0 Å². The van der Waals surface area contributed by atoms with E-state index in [0.717, 1.165) is 29.9 Å². The number of carbonyl (C=O) groups is 1. The van der Waals surface area contributed by atoms with Crippen LogP contribution in [0.2, 0.25) is 0 Å². The first-order chi connectivity index (χ1) is 14.2. The van der Waals surface area contributed by atoms with Crippen LogP contribution in [-0.4, -0.2) is 49.8 Å². The Bertz CT molecular complexity index is 1020. The number of hydrogen-bond acceptors (Lipinski definition) is 4. The molecule has 2 amide bonds. The van der Waals surface area contributed by atoms with Crippen LogP contribution < -0.4 is 5.32 Å². The van der Waals surface area contributed by atoms with E-state index in [1.54, 1.807) is 35.2 Å². The van der Waals surface area contributed by atoms with Gasteiger partial charge in [0.1, 0.15) is 11.5 Å². The van der Waals surface area contributed by atoms with Gasteiger partial charge in [0.2, 0.25) is 10.0 Å². The molecule has 0 radical (unpaired) electrons. The third-order valence-electron chi connectivity index (χ3n) is 5.94. The highest BCUT2D eigenvalue weighted by Crippen LogP contribution is 2.42. The molecule has 4 rings (SSSR count). The van der Waals surface area contributed by atoms with E-state index in [-0.39, 0.29) is 35.5 Å². The summed E-state index contributed by atoms with van der Waals surface area (Å²) < 4.78 is 32.9. The van der Waals surface area contributed by atoms with Crippen LogP contribution in [0.5, 0.6) is 0 Å². The summed E-state index contributed by atoms with van der Waals surface area (Å²) in [6, 6.07) is 10.2. The maximum Gasteiger partial charge on any atom is 0.317 e. The number of sulfonamides is 1. The van der Waals surface area contributed by atoms with Crippen molar-refractivity contribution in [1.29, 1.82) is 0 Å². The van der Waals surface area contributed by atoms with Gasteiger partial charge < -0.3 is 14.6 Å². The Hall–Kier alpha value is -2.32. The van der Waals surface area contributed by atoms with Crippen LogP contribution in [0, 0.1) is 12.3 Å². The summed E-state index contributed by atoms with van der Waals surface area (Å²) in [6.07, 6.45) is 1.70. The Morgan fingerprint density at radius 3 is 2.47 bits per heavy atom. The van der Waals surface area contributed by atoms with Crippen LogP contribution in [0.3, 0.4) is 0 Å². The molecule has 8 heteroatoms. The zero-order valence-electron chi connectivity index (χ0n) is 17.7. The fourth-order valence-corrected chi connectivity index (χ4v) is 5.87. The summed E-state index contributed by atoms with van der Waals surface area (Å²) in [4.78, 5) is 14.9. The molecule has 2 aromatic rings. The minimum Gasteiger partial charge on any atom is -0.466 e. The molecule has 0 saturated carbocycles. The average Bonchev–Trinajstić information content (AvgIpc) is 3.07. The molecule has 1 aromatic heterocycles. The molecule has 162 valence electrons.